The fraction of sp³-hybridized carbons (Fsp3) is 0.611. The lowest BCUT2D eigenvalue weighted by molar-refractivity contribution is -0.145. The topological polar surface area (TPSA) is 41.6 Å². The van der Waals surface area contributed by atoms with Gasteiger partial charge in [-0.2, -0.15) is 0 Å². The van der Waals surface area contributed by atoms with E-state index in [-0.39, 0.29) is 24.3 Å². The number of ether oxygens (including phenoxy) is 1. The second-order valence-electron chi connectivity index (χ2n) is 6.39. The van der Waals surface area contributed by atoms with Crippen LogP contribution in [0.15, 0.2) is 24.3 Å². The maximum atomic E-state index is 12.3. The molecule has 1 aromatic rings. The van der Waals surface area contributed by atoms with Gasteiger partial charge >= 0.3 is 5.97 Å². The SMILES string of the molecule is CCOC(=O)C1CN(CC2CCNCC2)Cc2ccccc21.Cl. The lowest BCUT2D eigenvalue weighted by atomic mass is 9.88. The zero-order valence-corrected chi connectivity index (χ0v) is 14.6. The number of hydrogen-bond donors (Lipinski definition) is 1. The Morgan fingerprint density at radius 2 is 2.04 bits per heavy atom. The summed E-state index contributed by atoms with van der Waals surface area (Å²) in [5.74, 6) is 0.533. The third-order valence-electron chi connectivity index (χ3n) is 4.81. The fourth-order valence-electron chi connectivity index (χ4n) is 3.69. The average molecular weight is 339 g/mol. The van der Waals surface area contributed by atoms with Crippen LogP contribution >= 0.6 is 12.4 Å². The van der Waals surface area contributed by atoms with Crippen LogP contribution in [0.25, 0.3) is 0 Å². The number of carbonyl (C=O) groups excluding carboxylic acids is 1. The number of esters is 1. The summed E-state index contributed by atoms with van der Waals surface area (Å²) >= 11 is 0. The number of nitrogens with one attached hydrogen (secondary N) is 1. The van der Waals surface area contributed by atoms with Crippen LogP contribution in [0.1, 0.15) is 36.8 Å². The molecule has 0 aromatic heterocycles. The molecule has 1 atom stereocenters. The number of halogens is 1. The van der Waals surface area contributed by atoms with Gasteiger partial charge in [-0.1, -0.05) is 24.3 Å². The first-order valence-corrected chi connectivity index (χ1v) is 8.45. The molecule has 0 bridgehead atoms. The van der Waals surface area contributed by atoms with E-state index >= 15 is 0 Å². The quantitative estimate of drug-likeness (QED) is 0.857. The van der Waals surface area contributed by atoms with E-state index < -0.39 is 0 Å². The lowest BCUT2D eigenvalue weighted by Gasteiger charge is -2.36. The Bertz CT molecular complexity index is 517. The number of carbonyl (C=O) groups is 1. The molecule has 0 amide bonds. The van der Waals surface area contributed by atoms with E-state index in [4.69, 9.17) is 4.74 Å². The number of hydrogen-bond acceptors (Lipinski definition) is 4. The second-order valence-corrected chi connectivity index (χ2v) is 6.39. The maximum absolute atomic E-state index is 12.3. The van der Waals surface area contributed by atoms with Gasteiger partial charge in [0.05, 0.1) is 12.5 Å². The maximum Gasteiger partial charge on any atom is 0.314 e. The van der Waals surface area contributed by atoms with Crippen LogP contribution in [0.2, 0.25) is 0 Å². The van der Waals surface area contributed by atoms with Crippen LogP contribution in [0.4, 0.5) is 0 Å². The largest absolute Gasteiger partial charge is 0.465 e. The Morgan fingerprint density at radius 3 is 2.78 bits per heavy atom. The van der Waals surface area contributed by atoms with E-state index in [1.165, 1.54) is 18.4 Å². The molecule has 0 spiro atoms. The lowest BCUT2D eigenvalue weighted by Crippen LogP contribution is -2.42. The molecule has 0 radical (unpaired) electrons. The number of piperidine rings is 1. The Kier molecular flexibility index (Phi) is 6.88. The molecular formula is C18H27ClN2O2. The second kappa shape index (κ2) is 8.67. The smallest absolute Gasteiger partial charge is 0.314 e. The monoisotopic (exact) mass is 338 g/mol. The summed E-state index contributed by atoms with van der Waals surface area (Å²) in [6.45, 7) is 7.40. The van der Waals surface area contributed by atoms with Crippen LogP contribution in [0.3, 0.4) is 0 Å². The number of nitrogens with zero attached hydrogens (tertiary/aromatic N) is 1. The minimum absolute atomic E-state index is 0. The first-order valence-electron chi connectivity index (χ1n) is 8.45. The first kappa shape index (κ1) is 18.2. The van der Waals surface area contributed by atoms with Crippen LogP contribution in [0.5, 0.6) is 0 Å². The van der Waals surface area contributed by atoms with Gasteiger partial charge in [-0.15, -0.1) is 12.4 Å². The normalized spacial score (nSPS) is 22.0. The van der Waals surface area contributed by atoms with Gasteiger partial charge in [0.2, 0.25) is 0 Å². The van der Waals surface area contributed by atoms with Crippen molar-refractivity contribution < 1.29 is 9.53 Å². The van der Waals surface area contributed by atoms with E-state index in [1.807, 2.05) is 13.0 Å². The molecule has 2 aliphatic rings. The van der Waals surface area contributed by atoms with Gasteiger partial charge in [-0.25, -0.2) is 0 Å². The summed E-state index contributed by atoms with van der Waals surface area (Å²) in [4.78, 5) is 14.8. The molecule has 0 saturated carbocycles. The van der Waals surface area contributed by atoms with Crippen molar-refractivity contribution in [3.05, 3.63) is 35.4 Å². The molecule has 3 rings (SSSR count). The van der Waals surface area contributed by atoms with Crippen molar-refractivity contribution in [1.29, 1.82) is 0 Å². The molecule has 128 valence electrons. The number of rotatable bonds is 4. The predicted molar refractivity (Wildman–Crippen MR) is 93.9 cm³/mol. The number of benzene rings is 1. The highest BCUT2D eigenvalue weighted by Crippen LogP contribution is 2.30. The van der Waals surface area contributed by atoms with Crippen LogP contribution in [-0.4, -0.2) is 43.7 Å². The van der Waals surface area contributed by atoms with Gasteiger partial charge < -0.3 is 10.1 Å². The highest BCUT2D eigenvalue weighted by atomic mass is 35.5. The van der Waals surface area contributed by atoms with Gasteiger partial charge in [0.25, 0.3) is 0 Å². The van der Waals surface area contributed by atoms with Crippen LogP contribution in [0, 0.1) is 5.92 Å². The standard InChI is InChI=1S/C18H26N2O2.ClH/c1-2-22-18(21)17-13-20(11-14-7-9-19-10-8-14)12-15-5-3-4-6-16(15)17;/h3-6,14,17,19H,2,7-13H2,1H3;1H. The molecule has 2 heterocycles. The molecular weight excluding hydrogens is 312 g/mol. The molecule has 1 N–H and O–H groups in total. The molecule has 4 nitrogen and oxygen atoms in total. The van der Waals surface area contributed by atoms with Crippen molar-refractivity contribution in [3.8, 4) is 0 Å². The van der Waals surface area contributed by atoms with Crippen LogP contribution < -0.4 is 5.32 Å². The Labute approximate surface area is 145 Å². The summed E-state index contributed by atoms with van der Waals surface area (Å²) in [7, 11) is 0. The Morgan fingerprint density at radius 1 is 1.30 bits per heavy atom. The van der Waals surface area contributed by atoms with Crippen molar-refractivity contribution >= 4 is 18.4 Å². The molecule has 1 unspecified atom stereocenters. The zero-order chi connectivity index (χ0) is 15.4. The van der Waals surface area contributed by atoms with E-state index in [9.17, 15) is 4.79 Å². The summed E-state index contributed by atoms with van der Waals surface area (Å²) in [6, 6.07) is 8.32. The Balaban J connectivity index is 0.00000192. The van der Waals surface area contributed by atoms with Crippen molar-refractivity contribution in [2.75, 3.05) is 32.8 Å². The van der Waals surface area contributed by atoms with Crippen LogP contribution in [-0.2, 0) is 16.1 Å². The van der Waals surface area contributed by atoms with E-state index in [0.29, 0.717) is 6.61 Å². The van der Waals surface area contributed by atoms with Gasteiger partial charge in [0.15, 0.2) is 0 Å². The van der Waals surface area contributed by atoms with Crippen molar-refractivity contribution in [1.82, 2.24) is 10.2 Å². The van der Waals surface area contributed by atoms with E-state index in [0.717, 1.165) is 44.2 Å². The molecule has 23 heavy (non-hydrogen) atoms. The van der Waals surface area contributed by atoms with Gasteiger partial charge in [-0.05, 0) is 49.9 Å². The Hall–Kier alpha value is -1.10. The van der Waals surface area contributed by atoms with E-state index in [2.05, 4.69) is 28.4 Å². The molecule has 2 aliphatic heterocycles. The molecule has 0 aliphatic carbocycles. The van der Waals surface area contributed by atoms with Gasteiger partial charge in [0.1, 0.15) is 0 Å². The zero-order valence-electron chi connectivity index (χ0n) is 13.8. The minimum Gasteiger partial charge on any atom is -0.465 e. The first-order chi connectivity index (χ1) is 10.8. The summed E-state index contributed by atoms with van der Waals surface area (Å²) in [6.07, 6.45) is 2.48. The number of fused-ring (bicyclic) bond motifs is 1. The summed E-state index contributed by atoms with van der Waals surface area (Å²) in [5.41, 5.74) is 2.43. The highest BCUT2D eigenvalue weighted by molar-refractivity contribution is 5.85. The average Bonchev–Trinajstić information content (AvgIpc) is 2.55. The van der Waals surface area contributed by atoms with Crippen molar-refractivity contribution in [3.63, 3.8) is 0 Å². The predicted octanol–water partition coefficient (Wildman–Crippen LogP) is 2.57. The van der Waals surface area contributed by atoms with Gasteiger partial charge in [-0.3, -0.25) is 9.69 Å². The molecule has 1 aromatic carbocycles. The summed E-state index contributed by atoms with van der Waals surface area (Å²) in [5, 5.41) is 3.42. The van der Waals surface area contributed by atoms with E-state index in [1.54, 1.807) is 0 Å². The third kappa shape index (κ3) is 4.46. The highest BCUT2D eigenvalue weighted by Gasteiger charge is 2.32. The van der Waals surface area contributed by atoms with Gasteiger partial charge in [0, 0.05) is 19.6 Å². The minimum atomic E-state index is -0.133. The summed E-state index contributed by atoms with van der Waals surface area (Å²) < 4.78 is 5.30. The van der Waals surface area contributed by atoms with Crippen molar-refractivity contribution in [2.24, 2.45) is 5.92 Å². The third-order valence-corrected chi connectivity index (χ3v) is 4.81. The molecule has 5 heteroatoms. The molecule has 1 saturated heterocycles. The van der Waals surface area contributed by atoms with Crippen molar-refractivity contribution in [2.45, 2.75) is 32.2 Å². The fourth-order valence-corrected chi connectivity index (χ4v) is 3.69. The molecule has 1 fully saturated rings.